The van der Waals surface area contributed by atoms with Crippen LogP contribution < -0.4 is 4.74 Å². The first-order valence-corrected chi connectivity index (χ1v) is 7.32. The van der Waals surface area contributed by atoms with Crippen molar-refractivity contribution in [2.45, 2.75) is 0 Å². The highest BCUT2D eigenvalue weighted by Gasteiger charge is 2.10. The first-order valence-electron chi connectivity index (χ1n) is 7.32. The van der Waals surface area contributed by atoms with Gasteiger partial charge in [0.2, 0.25) is 0 Å². The molecule has 3 nitrogen and oxygen atoms in total. The van der Waals surface area contributed by atoms with Gasteiger partial charge in [-0.2, -0.15) is 0 Å². The molecule has 112 valence electrons. The second-order valence-electron chi connectivity index (χ2n) is 5.43. The Morgan fingerprint density at radius 1 is 0.565 bits per heavy atom. The molecule has 4 rings (SSSR count). The maximum atomic E-state index is 9.93. The summed E-state index contributed by atoms with van der Waals surface area (Å²) in [6.07, 6.45) is 0. The second-order valence-corrected chi connectivity index (χ2v) is 5.43. The van der Waals surface area contributed by atoms with Crippen LogP contribution in [-0.2, 0) is 0 Å². The molecule has 0 radical (unpaired) electrons. The zero-order valence-electron chi connectivity index (χ0n) is 12.2. The SMILES string of the molecule is Oc1cc(Oc2cc(O)cc3ccccc23)c2ccccc2c1. The minimum absolute atomic E-state index is 0.142. The van der Waals surface area contributed by atoms with Gasteiger partial charge in [-0.3, -0.25) is 0 Å². The van der Waals surface area contributed by atoms with Crippen LogP contribution in [0.1, 0.15) is 0 Å². The number of phenols is 2. The van der Waals surface area contributed by atoms with Gasteiger partial charge in [-0.25, -0.2) is 0 Å². The zero-order valence-corrected chi connectivity index (χ0v) is 12.2. The average Bonchev–Trinajstić information content (AvgIpc) is 2.54. The van der Waals surface area contributed by atoms with E-state index in [0.29, 0.717) is 11.5 Å². The molecule has 0 aromatic heterocycles. The van der Waals surface area contributed by atoms with E-state index in [2.05, 4.69) is 0 Å². The molecule has 23 heavy (non-hydrogen) atoms. The van der Waals surface area contributed by atoms with E-state index in [1.54, 1.807) is 24.3 Å². The topological polar surface area (TPSA) is 49.7 Å². The molecule has 0 saturated heterocycles. The number of fused-ring (bicyclic) bond motifs is 2. The molecule has 0 aliphatic carbocycles. The van der Waals surface area contributed by atoms with Gasteiger partial charge in [0.05, 0.1) is 0 Å². The number of rotatable bonds is 2. The zero-order chi connectivity index (χ0) is 15.8. The largest absolute Gasteiger partial charge is 0.508 e. The van der Waals surface area contributed by atoms with Crippen molar-refractivity contribution >= 4 is 21.5 Å². The third-order valence-electron chi connectivity index (χ3n) is 3.84. The number of benzene rings is 4. The van der Waals surface area contributed by atoms with Crippen LogP contribution in [0.15, 0.2) is 72.8 Å². The summed E-state index contributed by atoms with van der Waals surface area (Å²) in [7, 11) is 0. The summed E-state index contributed by atoms with van der Waals surface area (Å²) in [5, 5.41) is 23.4. The van der Waals surface area contributed by atoms with Crippen LogP contribution >= 0.6 is 0 Å². The van der Waals surface area contributed by atoms with E-state index >= 15 is 0 Å². The van der Waals surface area contributed by atoms with Crippen molar-refractivity contribution < 1.29 is 14.9 Å². The summed E-state index contributed by atoms with van der Waals surface area (Å²) in [5.74, 6) is 1.39. The molecule has 3 heteroatoms. The van der Waals surface area contributed by atoms with E-state index in [1.165, 1.54) is 0 Å². The molecule has 0 bridgehead atoms. The standard InChI is InChI=1S/C20H14O3/c21-15-9-13-5-1-3-7-17(13)19(11-15)23-20-12-16(22)10-14-6-2-4-8-18(14)20/h1-12,21-22H. The van der Waals surface area contributed by atoms with Gasteiger partial charge in [0.15, 0.2) is 0 Å². The predicted octanol–water partition coefficient (Wildman–Crippen LogP) is 5.20. The second kappa shape index (κ2) is 5.21. The first kappa shape index (κ1) is 13.5. The molecule has 0 amide bonds. The molecule has 0 saturated carbocycles. The lowest BCUT2D eigenvalue weighted by Crippen LogP contribution is -1.88. The van der Waals surface area contributed by atoms with E-state index in [-0.39, 0.29) is 11.5 Å². The minimum Gasteiger partial charge on any atom is -0.508 e. The molecule has 0 aliphatic rings. The van der Waals surface area contributed by atoms with Crippen molar-refractivity contribution in [2.24, 2.45) is 0 Å². The molecular formula is C20H14O3. The van der Waals surface area contributed by atoms with Gasteiger partial charge in [0.1, 0.15) is 23.0 Å². The quantitative estimate of drug-likeness (QED) is 0.535. The summed E-state index contributed by atoms with van der Waals surface area (Å²) in [6, 6.07) is 22.0. The summed E-state index contributed by atoms with van der Waals surface area (Å²) >= 11 is 0. The van der Waals surface area contributed by atoms with E-state index < -0.39 is 0 Å². The van der Waals surface area contributed by atoms with Gasteiger partial charge in [0, 0.05) is 22.9 Å². The van der Waals surface area contributed by atoms with Crippen LogP contribution in [0.25, 0.3) is 21.5 Å². The van der Waals surface area contributed by atoms with Crippen molar-refractivity contribution in [1.82, 2.24) is 0 Å². The van der Waals surface area contributed by atoms with Gasteiger partial charge in [-0.15, -0.1) is 0 Å². The Bertz CT molecular complexity index is 938. The first-order chi connectivity index (χ1) is 11.2. The molecular weight excluding hydrogens is 288 g/mol. The molecule has 0 unspecified atom stereocenters. The minimum atomic E-state index is 0.142. The Morgan fingerprint density at radius 2 is 1.00 bits per heavy atom. The molecule has 0 aliphatic heterocycles. The molecule has 0 atom stereocenters. The Kier molecular flexibility index (Phi) is 3.05. The lowest BCUT2D eigenvalue weighted by atomic mass is 10.1. The van der Waals surface area contributed by atoms with Gasteiger partial charge >= 0.3 is 0 Å². The van der Waals surface area contributed by atoms with Crippen LogP contribution in [-0.4, -0.2) is 10.2 Å². The smallest absolute Gasteiger partial charge is 0.138 e. The van der Waals surface area contributed by atoms with Crippen LogP contribution in [0.5, 0.6) is 23.0 Å². The number of hydrogen-bond donors (Lipinski definition) is 2. The monoisotopic (exact) mass is 302 g/mol. The lowest BCUT2D eigenvalue weighted by Gasteiger charge is -2.12. The maximum absolute atomic E-state index is 9.93. The fraction of sp³-hybridized carbons (Fsp3) is 0. The fourth-order valence-electron chi connectivity index (χ4n) is 2.81. The third kappa shape index (κ3) is 2.42. The number of aromatic hydroxyl groups is 2. The molecule has 0 spiro atoms. The summed E-state index contributed by atoms with van der Waals surface area (Å²) in [4.78, 5) is 0. The summed E-state index contributed by atoms with van der Waals surface area (Å²) in [6.45, 7) is 0. The van der Waals surface area contributed by atoms with Gasteiger partial charge in [-0.1, -0.05) is 48.5 Å². The number of hydrogen-bond acceptors (Lipinski definition) is 3. The van der Waals surface area contributed by atoms with Crippen molar-refractivity contribution in [1.29, 1.82) is 0 Å². The van der Waals surface area contributed by atoms with Crippen molar-refractivity contribution in [2.75, 3.05) is 0 Å². The molecule has 2 N–H and O–H groups in total. The Labute approximate surface area is 133 Å². The van der Waals surface area contributed by atoms with E-state index in [4.69, 9.17) is 4.74 Å². The predicted molar refractivity (Wildman–Crippen MR) is 91.3 cm³/mol. The Morgan fingerprint density at radius 3 is 1.48 bits per heavy atom. The molecule has 4 aromatic rings. The van der Waals surface area contributed by atoms with Crippen molar-refractivity contribution in [3.8, 4) is 23.0 Å². The van der Waals surface area contributed by atoms with Crippen LogP contribution in [0, 0.1) is 0 Å². The maximum Gasteiger partial charge on any atom is 0.138 e. The highest BCUT2D eigenvalue weighted by molar-refractivity contribution is 5.92. The highest BCUT2D eigenvalue weighted by Crippen LogP contribution is 2.38. The summed E-state index contributed by atoms with van der Waals surface area (Å²) < 4.78 is 6.05. The molecule has 4 aromatic carbocycles. The Balaban J connectivity index is 1.92. The average molecular weight is 302 g/mol. The van der Waals surface area contributed by atoms with E-state index in [9.17, 15) is 10.2 Å². The lowest BCUT2D eigenvalue weighted by molar-refractivity contribution is 0.452. The van der Waals surface area contributed by atoms with Crippen LogP contribution in [0.4, 0.5) is 0 Å². The van der Waals surface area contributed by atoms with Gasteiger partial charge in [-0.05, 0) is 22.9 Å². The van der Waals surface area contributed by atoms with Gasteiger partial charge in [0.25, 0.3) is 0 Å². The van der Waals surface area contributed by atoms with Crippen LogP contribution in [0.3, 0.4) is 0 Å². The third-order valence-corrected chi connectivity index (χ3v) is 3.84. The van der Waals surface area contributed by atoms with Gasteiger partial charge < -0.3 is 14.9 Å². The fourth-order valence-corrected chi connectivity index (χ4v) is 2.81. The highest BCUT2D eigenvalue weighted by atomic mass is 16.5. The van der Waals surface area contributed by atoms with Crippen LogP contribution in [0.2, 0.25) is 0 Å². The number of phenolic OH excluding ortho intramolecular Hbond substituents is 2. The van der Waals surface area contributed by atoms with Crippen molar-refractivity contribution in [3.63, 3.8) is 0 Å². The van der Waals surface area contributed by atoms with E-state index in [0.717, 1.165) is 21.5 Å². The summed E-state index contributed by atoms with van der Waals surface area (Å²) in [5.41, 5.74) is 0. The van der Waals surface area contributed by atoms with Crippen molar-refractivity contribution in [3.05, 3.63) is 72.8 Å². The number of ether oxygens (including phenoxy) is 1. The molecule has 0 fully saturated rings. The molecule has 0 heterocycles. The normalized spacial score (nSPS) is 11.0. The Hall–Kier alpha value is -3.20. The van der Waals surface area contributed by atoms with E-state index in [1.807, 2.05) is 48.5 Å².